The van der Waals surface area contributed by atoms with Gasteiger partial charge in [-0.05, 0) is 38.5 Å². The molecule has 7 heteroatoms. The maximum Gasteiger partial charge on any atom is 0.241 e. The molecule has 0 spiro atoms. The topological polar surface area (TPSA) is 64.6 Å². The molecule has 1 heterocycles. The summed E-state index contributed by atoms with van der Waals surface area (Å²) in [5, 5.41) is 15.4. The highest BCUT2D eigenvalue weighted by Gasteiger charge is 2.27. The van der Waals surface area contributed by atoms with Gasteiger partial charge in [0.1, 0.15) is 0 Å². The van der Waals surface area contributed by atoms with Gasteiger partial charge in [-0.3, -0.25) is 4.79 Å². The molecule has 3 N–H and O–H groups in total. The second-order valence-electron chi connectivity index (χ2n) is 5.59. The molecule has 0 aliphatic carbocycles. The number of aliphatic hydroxyl groups is 1. The van der Waals surface area contributed by atoms with Crippen molar-refractivity contribution >= 4 is 42.1 Å². The Balaban J connectivity index is 0.00000220. The Morgan fingerprint density at radius 1 is 1.41 bits per heavy atom. The van der Waals surface area contributed by atoms with Gasteiger partial charge >= 0.3 is 0 Å². The van der Waals surface area contributed by atoms with E-state index in [4.69, 9.17) is 0 Å². The van der Waals surface area contributed by atoms with Crippen LogP contribution in [0.3, 0.4) is 0 Å². The molecule has 1 saturated heterocycles. The Kier molecular flexibility index (Phi) is 8.78. The number of carbonyl (C=O) groups excluding carboxylic acids is 1. The highest BCUT2D eigenvalue weighted by Crippen LogP contribution is 2.20. The van der Waals surface area contributed by atoms with Crippen molar-refractivity contribution < 1.29 is 9.90 Å². The molecule has 5 nitrogen and oxygen atoms in total. The van der Waals surface area contributed by atoms with E-state index in [1.807, 2.05) is 31.3 Å². The Bertz CT molecular complexity index is 486. The van der Waals surface area contributed by atoms with Crippen LogP contribution in [-0.2, 0) is 4.79 Å². The molecule has 1 aromatic rings. The maximum absolute atomic E-state index is 12.1. The third kappa shape index (κ3) is 5.32. The van der Waals surface area contributed by atoms with Gasteiger partial charge in [0.25, 0.3) is 0 Å². The molecule has 1 aliphatic rings. The summed E-state index contributed by atoms with van der Waals surface area (Å²) in [6.07, 6.45) is 0.0430. The average Bonchev–Trinajstić information content (AvgIpc) is 2.85. The SMILES string of the molecule is CC(C)N(C)c1cccc(NC(=O)C2CC(O)CN2)c1.Cl.Cl. The Labute approximate surface area is 144 Å². The van der Waals surface area contributed by atoms with Crippen molar-refractivity contribution in [3.8, 4) is 0 Å². The van der Waals surface area contributed by atoms with Gasteiger partial charge in [-0.15, -0.1) is 24.8 Å². The molecule has 126 valence electrons. The van der Waals surface area contributed by atoms with Crippen LogP contribution >= 0.6 is 24.8 Å². The number of anilines is 2. The van der Waals surface area contributed by atoms with Crippen LogP contribution in [0.5, 0.6) is 0 Å². The highest BCUT2D eigenvalue weighted by molar-refractivity contribution is 5.95. The lowest BCUT2D eigenvalue weighted by Gasteiger charge is -2.24. The molecule has 0 aromatic heterocycles. The minimum Gasteiger partial charge on any atom is -0.392 e. The van der Waals surface area contributed by atoms with E-state index in [9.17, 15) is 9.90 Å². The molecule has 2 atom stereocenters. The Hall–Kier alpha value is -1.01. The van der Waals surface area contributed by atoms with Gasteiger partial charge < -0.3 is 20.6 Å². The number of hydrogen-bond acceptors (Lipinski definition) is 4. The van der Waals surface area contributed by atoms with E-state index in [-0.39, 0.29) is 36.8 Å². The van der Waals surface area contributed by atoms with E-state index in [0.29, 0.717) is 19.0 Å². The van der Waals surface area contributed by atoms with Gasteiger partial charge in [-0.1, -0.05) is 6.07 Å². The van der Waals surface area contributed by atoms with Crippen molar-refractivity contribution in [3.05, 3.63) is 24.3 Å². The second kappa shape index (κ2) is 9.20. The molecule has 22 heavy (non-hydrogen) atoms. The molecule has 2 rings (SSSR count). The number of rotatable bonds is 4. The normalized spacial score (nSPS) is 20.0. The third-order valence-corrected chi connectivity index (χ3v) is 3.72. The first-order valence-corrected chi connectivity index (χ1v) is 7.02. The van der Waals surface area contributed by atoms with Crippen molar-refractivity contribution in [2.75, 3.05) is 23.8 Å². The number of hydrogen-bond donors (Lipinski definition) is 3. The van der Waals surface area contributed by atoms with E-state index in [1.54, 1.807) is 0 Å². The third-order valence-electron chi connectivity index (χ3n) is 3.72. The van der Waals surface area contributed by atoms with Gasteiger partial charge in [0.05, 0.1) is 12.1 Å². The summed E-state index contributed by atoms with van der Waals surface area (Å²) in [6, 6.07) is 7.88. The number of nitrogens with zero attached hydrogens (tertiary/aromatic N) is 1. The molecule has 1 amide bonds. The van der Waals surface area contributed by atoms with E-state index >= 15 is 0 Å². The smallest absolute Gasteiger partial charge is 0.241 e. The van der Waals surface area contributed by atoms with E-state index in [2.05, 4.69) is 29.4 Å². The maximum atomic E-state index is 12.1. The van der Waals surface area contributed by atoms with Crippen LogP contribution in [-0.4, -0.2) is 42.8 Å². The number of amides is 1. The van der Waals surface area contributed by atoms with E-state index in [0.717, 1.165) is 11.4 Å². The zero-order valence-corrected chi connectivity index (χ0v) is 14.7. The van der Waals surface area contributed by atoms with Crippen molar-refractivity contribution in [1.82, 2.24) is 5.32 Å². The number of β-amino-alcohol motifs (C(OH)–C–C–N with tert-alkyl or cyclic N) is 1. The van der Waals surface area contributed by atoms with Crippen LogP contribution in [0.1, 0.15) is 20.3 Å². The first-order valence-electron chi connectivity index (χ1n) is 7.02. The first-order chi connectivity index (χ1) is 9.47. The summed E-state index contributed by atoms with van der Waals surface area (Å²) in [5.74, 6) is -0.0918. The van der Waals surface area contributed by atoms with Crippen LogP contribution < -0.4 is 15.5 Å². The lowest BCUT2D eigenvalue weighted by atomic mass is 10.2. The van der Waals surface area contributed by atoms with Gasteiger partial charge in [0.15, 0.2) is 0 Å². The molecule has 1 aromatic carbocycles. The van der Waals surface area contributed by atoms with Crippen LogP contribution in [0.15, 0.2) is 24.3 Å². The largest absolute Gasteiger partial charge is 0.392 e. The monoisotopic (exact) mass is 349 g/mol. The Morgan fingerprint density at radius 2 is 2.09 bits per heavy atom. The van der Waals surface area contributed by atoms with E-state index < -0.39 is 6.10 Å². The Morgan fingerprint density at radius 3 is 2.64 bits per heavy atom. The summed E-state index contributed by atoms with van der Waals surface area (Å²) in [5.41, 5.74) is 1.85. The fourth-order valence-electron chi connectivity index (χ4n) is 2.25. The van der Waals surface area contributed by atoms with Crippen molar-refractivity contribution in [1.29, 1.82) is 0 Å². The molecular formula is C15H25Cl2N3O2. The van der Waals surface area contributed by atoms with Crippen molar-refractivity contribution in [3.63, 3.8) is 0 Å². The van der Waals surface area contributed by atoms with Gasteiger partial charge in [0.2, 0.25) is 5.91 Å². The molecule has 2 unspecified atom stereocenters. The minimum atomic E-state index is -0.427. The van der Waals surface area contributed by atoms with Gasteiger partial charge in [-0.2, -0.15) is 0 Å². The number of aliphatic hydroxyl groups excluding tert-OH is 1. The summed E-state index contributed by atoms with van der Waals surface area (Å²) >= 11 is 0. The molecule has 0 bridgehead atoms. The molecule has 0 radical (unpaired) electrons. The zero-order chi connectivity index (χ0) is 14.7. The second-order valence-corrected chi connectivity index (χ2v) is 5.59. The first kappa shape index (κ1) is 21.0. The van der Waals surface area contributed by atoms with Crippen molar-refractivity contribution in [2.24, 2.45) is 0 Å². The van der Waals surface area contributed by atoms with Gasteiger partial charge in [-0.25, -0.2) is 0 Å². The summed E-state index contributed by atoms with van der Waals surface area (Å²) in [4.78, 5) is 14.2. The number of carbonyl (C=O) groups is 1. The molecule has 1 aliphatic heterocycles. The lowest BCUT2D eigenvalue weighted by molar-refractivity contribution is -0.117. The highest BCUT2D eigenvalue weighted by atomic mass is 35.5. The number of benzene rings is 1. The predicted molar refractivity (Wildman–Crippen MR) is 95.5 cm³/mol. The lowest BCUT2D eigenvalue weighted by Crippen LogP contribution is -2.35. The molecule has 1 fully saturated rings. The minimum absolute atomic E-state index is 0. The average molecular weight is 350 g/mol. The van der Waals surface area contributed by atoms with Crippen LogP contribution in [0.4, 0.5) is 11.4 Å². The summed E-state index contributed by atoms with van der Waals surface area (Å²) < 4.78 is 0. The molecule has 0 saturated carbocycles. The van der Waals surface area contributed by atoms with Crippen LogP contribution in [0.2, 0.25) is 0 Å². The standard InChI is InChI=1S/C15H23N3O2.2ClH/c1-10(2)18(3)12-6-4-5-11(7-12)17-15(20)14-8-13(19)9-16-14;;/h4-7,10,13-14,16,19H,8-9H2,1-3H3,(H,17,20);2*1H. The van der Waals surface area contributed by atoms with E-state index in [1.165, 1.54) is 0 Å². The van der Waals surface area contributed by atoms with Crippen molar-refractivity contribution in [2.45, 2.75) is 38.5 Å². The number of nitrogens with one attached hydrogen (secondary N) is 2. The predicted octanol–water partition coefficient (Wildman–Crippen LogP) is 2.04. The quantitative estimate of drug-likeness (QED) is 0.778. The zero-order valence-electron chi connectivity index (χ0n) is 13.1. The fraction of sp³-hybridized carbons (Fsp3) is 0.533. The van der Waals surface area contributed by atoms with Gasteiger partial charge in [0, 0.05) is 31.0 Å². The number of halogens is 2. The summed E-state index contributed by atoms with van der Waals surface area (Å²) in [7, 11) is 2.03. The molecular weight excluding hydrogens is 325 g/mol. The van der Waals surface area contributed by atoms with Crippen LogP contribution in [0.25, 0.3) is 0 Å². The summed E-state index contributed by atoms with van der Waals surface area (Å²) in [6.45, 7) is 4.72. The fourth-order valence-corrected chi connectivity index (χ4v) is 2.25. The van der Waals surface area contributed by atoms with Crippen LogP contribution in [0, 0.1) is 0 Å².